The second-order valence-electron chi connectivity index (χ2n) is 4.62. The molecule has 0 aliphatic rings. The minimum atomic E-state index is -0.698. The molecular formula is C17H20ClNO5. The molecule has 0 heterocycles. The number of esters is 1. The molecule has 1 rings (SSSR count). The summed E-state index contributed by atoms with van der Waals surface area (Å²) < 4.78 is 15.9. The third-order valence-corrected chi connectivity index (χ3v) is 3.00. The van der Waals surface area contributed by atoms with Gasteiger partial charge in [0.1, 0.15) is 0 Å². The quantitative estimate of drug-likeness (QED) is 0.545. The van der Waals surface area contributed by atoms with Gasteiger partial charge in [0, 0.05) is 0 Å². The Bertz CT molecular complexity index is 624. The maximum Gasteiger partial charge on any atom is 0.338 e. The third kappa shape index (κ3) is 6.01. The SMILES string of the molecule is C#CCNC(=O)COC(=O)c1cc(Cl)c(OCCC)c(OCC)c1. The van der Waals surface area contributed by atoms with Gasteiger partial charge in [0.2, 0.25) is 0 Å². The Balaban J connectivity index is 2.85. The molecule has 0 aromatic heterocycles. The zero-order valence-corrected chi connectivity index (χ0v) is 14.4. The molecule has 0 unspecified atom stereocenters. The molecule has 130 valence electrons. The van der Waals surface area contributed by atoms with Crippen LogP contribution in [0.4, 0.5) is 0 Å². The van der Waals surface area contributed by atoms with Gasteiger partial charge in [-0.2, -0.15) is 0 Å². The van der Waals surface area contributed by atoms with E-state index in [1.807, 2.05) is 6.92 Å². The van der Waals surface area contributed by atoms with Crippen molar-refractivity contribution in [2.75, 3.05) is 26.4 Å². The number of hydrogen-bond donors (Lipinski definition) is 1. The predicted molar refractivity (Wildman–Crippen MR) is 90.5 cm³/mol. The minimum absolute atomic E-state index is 0.0696. The summed E-state index contributed by atoms with van der Waals surface area (Å²) >= 11 is 6.17. The van der Waals surface area contributed by atoms with Crippen molar-refractivity contribution >= 4 is 23.5 Å². The first-order chi connectivity index (χ1) is 11.5. The fourth-order valence-electron chi connectivity index (χ4n) is 1.71. The van der Waals surface area contributed by atoms with Crippen LogP contribution in [0.5, 0.6) is 11.5 Å². The number of hydrogen-bond acceptors (Lipinski definition) is 5. The molecule has 6 nitrogen and oxygen atoms in total. The van der Waals surface area contributed by atoms with Crippen LogP contribution in [-0.4, -0.2) is 38.2 Å². The summed E-state index contributed by atoms with van der Waals surface area (Å²) in [6.07, 6.45) is 5.83. The van der Waals surface area contributed by atoms with Crippen molar-refractivity contribution in [1.29, 1.82) is 0 Å². The molecule has 0 atom stereocenters. The number of rotatable bonds is 9. The highest BCUT2D eigenvalue weighted by atomic mass is 35.5. The number of carbonyl (C=O) groups is 2. The summed E-state index contributed by atoms with van der Waals surface area (Å²) in [7, 11) is 0. The molecule has 1 N–H and O–H groups in total. The largest absolute Gasteiger partial charge is 0.490 e. The summed E-state index contributed by atoms with van der Waals surface area (Å²) in [4.78, 5) is 23.5. The molecule has 0 radical (unpaired) electrons. The molecule has 0 spiro atoms. The smallest absolute Gasteiger partial charge is 0.338 e. The summed E-state index contributed by atoms with van der Waals surface area (Å²) in [5.74, 6) is 1.79. The number of amides is 1. The van der Waals surface area contributed by atoms with Crippen molar-refractivity contribution in [3.63, 3.8) is 0 Å². The topological polar surface area (TPSA) is 73.9 Å². The second kappa shape index (κ2) is 10.4. The van der Waals surface area contributed by atoms with E-state index in [-0.39, 0.29) is 17.1 Å². The average Bonchev–Trinajstić information content (AvgIpc) is 2.57. The van der Waals surface area contributed by atoms with E-state index in [4.69, 9.17) is 32.2 Å². The van der Waals surface area contributed by atoms with Gasteiger partial charge in [-0.05, 0) is 25.5 Å². The van der Waals surface area contributed by atoms with Gasteiger partial charge >= 0.3 is 5.97 Å². The van der Waals surface area contributed by atoms with Crippen LogP contribution in [0.2, 0.25) is 5.02 Å². The van der Waals surface area contributed by atoms with Crippen LogP contribution in [0.3, 0.4) is 0 Å². The number of nitrogens with one attached hydrogen (secondary N) is 1. The molecule has 1 aromatic carbocycles. The van der Waals surface area contributed by atoms with Crippen LogP contribution in [0.15, 0.2) is 12.1 Å². The Hall–Kier alpha value is -2.39. The van der Waals surface area contributed by atoms with Gasteiger partial charge in [-0.15, -0.1) is 6.42 Å². The highest BCUT2D eigenvalue weighted by Gasteiger charge is 2.18. The van der Waals surface area contributed by atoms with Crippen LogP contribution in [0.1, 0.15) is 30.6 Å². The number of carbonyl (C=O) groups excluding carboxylic acids is 2. The van der Waals surface area contributed by atoms with E-state index in [9.17, 15) is 9.59 Å². The Kier molecular flexibility index (Phi) is 8.52. The first-order valence-electron chi connectivity index (χ1n) is 7.49. The molecule has 0 fully saturated rings. The molecule has 0 aliphatic heterocycles. The monoisotopic (exact) mass is 353 g/mol. The van der Waals surface area contributed by atoms with Crippen molar-refractivity contribution in [2.45, 2.75) is 20.3 Å². The van der Waals surface area contributed by atoms with Gasteiger partial charge in [-0.25, -0.2) is 4.79 Å². The highest BCUT2D eigenvalue weighted by Crippen LogP contribution is 2.37. The molecule has 0 saturated heterocycles. The standard InChI is InChI=1S/C17H20ClNO5/c1-4-7-19-15(20)11-24-17(21)12-9-13(18)16(23-8-5-2)14(10-12)22-6-3/h1,9-10H,5-8,11H2,2-3H3,(H,19,20). The van der Waals surface area contributed by atoms with E-state index < -0.39 is 18.5 Å². The normalized spacial score (nSPS) is 9.75. The third-order valence-electron chi connectivity index (χ3n) is 2.72. The molecule has 0 aliphatic carbocycles. The van der Waals surface area contributed by atoms with Gasteiger partial charge in [0.25, 0.3) is 5.91 Å². The molecule has 1 amide bonds. The van der Waals surface area contributed by atoms with Gasteiger partial charge in [-0.3, -0.25) is 4.79 Å². The maximum absolute atomic E-state index is 12.1. The van der Waals surface area contributed by atoms with Gasteiger partial charge in [0.15, 0.2) is 18.1 Å². The fraction of sp³-hybridized carbons (Fsp3) is 0.412. The van der Waals surface area contributed by atoms with Crippen LogP contribution >= 0.6 is 11.6 Å². The number of halogens is 1. The van der Waals surface area contributed by atoms with E-state index in [0.717, 1.165) is 6.42 Å². The lowest BCUT2D eigenvalue weighted by molar-refractivity contribution is -0.123. The Morgan fingerprint density at radius 1 is 1.29 bits per heavy atom. The average molecular weight is 354 g/mol. The Morgan fingerprint density at radius 2 is 2.04 bits per heavy atom. The summed E-state index contributed by atoms with van der Waals surface area (Å²) in [6, 6.07) is 2.89. The lowest BCUT2D eigenvalue weighted by atomic mass is 10.2. The van der Waals surface area contributed by atoms with Crippen molar-refractivity contribution in [3.05, 3.63) is 22.7 Å². The maximum atomic E-state index is 12.1. The van der Waals surface area contributed by atoms with E-state index in [2.05, 4.69) is 11.2 Å². The van der Waals surface area contributed by atoms with Crippen LogP contribution < -0.4 is 14.8 Å². The molecule has 24 heavy (non-hydrogen) atoms. The van der Waals surface area contributed by atoms with Crippen molar-refractivity contribution in [3.8, 4) is 23.8 Å². The Morgan fingerprint density at radius 3 is 2.67 bits per heavy atom. The van der Waals surface area contributed by atoms with Gasteiger partial charge in [0.05, 0.1) is 30.3 Å². The van der Waals surface area contributed by atoms with E-state index in [1.165, 1.54) is 12.1 Å². The van der Waals surface area contributed by atoms with E-state index in [0.29, 0.717) is 24.7 Å². The van der Waals surface area contributed by atoms with Gasteiger partial charge in [-0.1, -0.05) is 24.4 Å². The number of benzene rings is 1. The summed E-state index contributed by atoms with van der Waals surface area (Å²) in [6.45, 7) is 4.25. The fourth-order valence-corrected chi connectivity index (χ4v) is 1.97. The zero-order valence-electron chi connectivity index (χ0n) is 13.7. The zero-order chi connectivity index (χ0) is 17.9. The van der Waals surface area contributed by atoms with Crippen molar-refractivity contribution in [1.82, 2.24) is 5.32 Å². The van der Waals surface area contributed by atoms with Crippen LogP contribution in [0.25, 0.3) is 0 Å². The molecule has 0 bridgehead atoms. The van der Waals surface area contributed by atoms with Crippen LogP contribution in [-0.2, 0) is 9.53 Å². The lowest BCUT2D eigenvalue weighted by Gasteiger charge is -2.14. The number of terminal acetylenes is 1. The van der Waals surface area contributed by atoms with Crippen molar-refractivity contribution in [2.24, 2.45) is 0 Å². The summed E-state index contributed by atoms with van der Waals surface area (Å²) in [5, 5.41) is 2.63. The number of ether oxygens (including phenoxy) is 3. The minimum Gasteiger partial charge on any atom is -0.490 e. The van der Waals surface area contributed by atoms with E-state index in [1.54, 1.807) is 6.92 Å². The molecular weight excluding hydrogens is 334 g/mol. The Labute approximate surface area is 146 Å². The highest BCUT2D eigenvalue weighted by molar-refractivity contribution is 6.32. The first-order valence-corrected chi connectivity index (χ1v) is 7.87. The van der Waals surface area contributed by atoms with Crippen LogP contribution in [0, 0.1) is 12.3 Å². The molecule has 7 heteroatoms. The predicted octanol–water partition coefficient (Wildman–Crippen LogP) is 2.43. The molecule has 1 aromatic rings. The van der Waals surface area contributed by atoms with Gasteiger partial charge < -0.3 is 19.5 Å². The van der Waals surface area contributed by atoms with E-state index >= 15 is 0 Å². The first kappa shape index (κ1) is 19.7. The van der Waals surface area contributed by atoms with Crippen molar-refractivity contribution < 1.29 is 23.8 Å². The summed E-state index contributed by atoms with van der Waals surface area (Å²) in [5.41, 5.74) is 0.164. The molecule has 0 saturated carbocycles. The lowest BCUT2D eigenvalue weighted by Crippen LogP contribution is -2.29. The second-order valence-corrected chi connectivity index (χ2v) is 5.03.